The first-order chi connectivity index (χ1) is 7.62. The van der Waals surface area contributed by atoms with Gasteiger partial charge in [-0.25, -0.2) is 4.98 Å². The lowest BCUT2D eigenvalue weighted by Gasteiger charge is -2.18. The molecule has 1 N–H and O–H groups in total. The number of hydrogen-bond acceptors (Lipinski definition) is 3. The van der Waals surface area contributed by atoms with Crippen LogP contribution in [0.3, 0.4) is 0 Å². The van der Waals surface area contributed by atoms with E-state index < -0.39 is 5.41 Å². The zero-order valence-electron chi connectivity index (χ0n) is 9.60. The number of aromatic nitrogens is 2. The van der Waals surface area contributed by atoms with Crippen molar-refractivity contribution in [1.29, 1.82) is 5.26 Å². The van der Waals surface area contributed by atoms with E-state index in [1.54, 1.807) is 19.4 Å². The van der Waals surface area contributed by atoms with Gasteiger partial charge in [-0.05, 0) is 13.3 Å². The van der Waals surface area contributed by atoms with Crippen molar-refractivity contribution in [3.8, 4) is 6.07 Å². The summed E-state index contributed by atoms with van der Waals surface area (Å²) in [7, 11) is 0. The highest BCUT2D eigenvalue weighted by molar-refractivity contribution is 5.84. The van der Waals surface area contributed by atoms with Crippen molar-refractivity contribution in [1.82, 2.24) is 14.9 Å². The minimum absolute atomic E-state index is 0.211. The van der Waals surface area contributed by atoms with Crippen LogP contribution in [0.5, 0.6) is 0 Å². The molecule has 0 saturated carbocycles. The molecule has 1 heterocycles. The Hall–Kier alpha value is -1.83. The normalized spacial score (nSPS) is 13.8. The van der Waals surface area contributed by atoms with Crippen molar-refractivity contribution in [2.45, 2.75) is 26.8 Å². The summed E-state index contributed by atoms with van der Waals surface area (Å²) in [6, 6.07) is 2.04. The van der Waals surface area contributed by atoms with Crippen LogP contribution >= 0.6 is 0 Å². The van der Waals surface area contributed by atoms with Crippen LogP contribution in [0.2, 0.25) is 0 Å². The third-order valence-electron chi connectivity index (χ3n) is 2.67. The van der Waals surface area contributed by atoms with Gasteiger partial charge in [-0.3, -0.25) is 4.79 Å². The Morgan fingerprint density at radius 1 is 1.69 bits per heavy atom. The van der Waals surface area contributed by atoms with Crippen LogP contribution in [0.25, 0.3) is 0 Å². The second kappa shape index (κ2) is 5.31. The summed E-state index contributed by atoms with van der Waals surface area (Å²) in [6.45, 7) is 4.65. The molecule has 0 aromatic carbocycles. The second-order valence-electron chi connectivity index (χ2n) is 3.85. The van der Waals surface area contributed by atoms with E-state index in [1.807, 2.05) is 23.8 Å². The van der Waals surface area contributed by atoms with Crippen LogP contribution in [0.4, 0.5) is 0 Å². The van der Waals surface area contributed by atoms with E-state index in [9.17, 15) is 4.79 Å². The number of nitrogens with zero attached hydrogens (tertiary/aromatic N) is 3. The number of nitrogens with one attached hydrogen (secondary N) is 1. The second-order valence-corrected chi connectivity index (χ2v) is 3.85. The van der Waals surface area contributed by atoms with Gasteiger partial charge in [-0.15, -0.1) is 0 Å². The Morgan fingerprint density at radius 3 is 2.94 bits per heavy atom. The van der Waals surface area contributed by atoms with E-state index in [-0.39, 0.29) is 5.91 Å². The average Bonchev–Trinajstić information content (AvgIpc) is 2.80. The first kappa shape index (κ1) is 12.2. The molecule has 0 aliphatic carbocycles. The average molecular weight is 220 g/mol. The van der Waals surface area contributed by atoms with Crippen LogP contribution in [0.15, 0.2) is 18.7 Å². The minimum Gasteiger partial charge on any atom is -0.353 e. The van der Waals surface area contributed by atoms with Gasteiger partial charge in [0.2, 0.25) is 5.91 Å². The van der Waals surface area contributed by atoms with Gasteiger partial charge in [-0.1, -0.05) is 6.92 Å². The van der Waals surface area contributed by atoms with Gasteiger partial charge in [0.05, 0.1) is 12.4 Å². The zero-order valence-corrected chi connectivity index (χ0v) is 9.60. The van der Waals surface area contributed by atoms with Crippen LogP contribution < -0.4 is 5.32 Å². The van der Waals surface area contributed by atoms with E-state index in [0.29, 0.717) is 19.5 Å². The monoisotopic (exact) mass is 220 g/mol. The van der Waals surface area contributed by atoms with Crippen LogP contribution in [-0.2, 0) is 11.3 Å². The molecule has 1 aromatic heterocycles. The lowest BCUT2D eigenvalue weighted by atomic mass is 9.88. The highest BCUT2D eigenvalue weighted by Gasteiger charge is 2.30. The molecule has 5 nitrogen and oxygen atoms in total. The Morgan fingerprint density at radius 2 is 2.44 bits per heavy atom. The predicted octanol–water partition coefficient (Wildman–Crippen LogP) is 0.939. The van der Waals surface area contributed by atoms with E-state index in [0.717, 1.165) is 0 Å². The molecule has 1 amide bonds. The molecule has 0 saturated heterocycles. The van der Waals surface area contributed by atoms with Crippen molar-refractivity contribution in [2.75, 3.05) is 6.54 Å². The van der Waals surface area contributed by atoms with Crippen molar-refractivity contribution in [2.24, 2.45) is 5.41 Å². The highest BCUT2D eigenvalue weighted by Crippen LogP contribution is 2.19. The van der Waals surface area contributed by atoms with Gasteiger partial charge in [0, 0.05) is 25.5 Å². The molecule has 0 aliphatic heterocycles. The van der Waals surface area contributed by atoms with E-state index in [1.165, 1.54) is 0 Å². The summed E-state index contributed by atoms with van der Waals surface area (Å²) in [6.07, 6.45) is 5.72. The topological polar surface area (TPSA) is 70.7 Å². The predicted molar refractivity (Wildman–Crippen MR) is 59.2 cm³/mol. The quantitative estimate of drug-likeness (QED) is 0.802. The van der Waals surface area contributed by atoms with E-state index in [2.05, 4.69) is 10.3 Å². The number of rotatable bonds is 5. The fourth-order valence-electron chi connectivity index (χ4n) is 1.20. The molecule has 1 atom stereocenters. The number of hydrogen-bond donors (Lipinski definition) is 1. The number of carbonyl (C=O) groups is 1. The summed E-state index contributed by atoms with van der Waals surface area (Å²) in [5.74, 6) is -0.211. The lowest BCUT2D eigenvalue weighted by molar-refractivity contribution is -0.127. The van der Waals surface area contributed by atoms with Gasteiger partial charge >= 0.3 is 0 Å². The molecule has 5 heteroatoms. The third kappa shape index (κ3) is 2.83. The summed E-state index contributed by atoms with van der Waals surface area (Å²) < 4.78 is 1.87. The molecule has 0 aliphatic rings. The number of imidazole rings is 1. The number of nitriles is 1. The fraction of sp³-hybridized carbons (Fsp3) is 0.545. The van der Waals surface area contributed by atoms with Crippen molar-refractivity contribution in [3.63, 3.8) is 0 Å². The highest BCUT2D eigenvalue weighted by atomic mass is 16.2. The molecule has 16 heavy (non-hydrogen) atoms. The zero-order chi connectivity index (χ0) is 12.0. The Balaban J connectivity index is 2.39. The van der Waals surface area contributed by atoms with Crippen molar-refractivity contribution < 1.29 is 4.79 Å². The van der Waals surface area contributed by atoms with Crippen molar-refractivity contribution >= 4 is 5.91 Å². The minimum atomic E-state index is -0.922. The molecule has 0 bridgehead atoms. The third-order valence-corrected chi connectivity index (χ3v) is 2.67. The Labute approximate surface area is 95.1 Å². The molecular formula is C11H16N4O. The Bertz CT molecular complexity index is 379. The molecule has 0 fully saturated rings. The maximum absolute atomic E-state index is 11.7. The summed E-state index contributed by atoms with van der Waals surface area (Å²) in [5.41, 5.74) is -0.922. The summed E-state index contributed by atoms with van der Waals surface area (Å²) in [4.78, 5) is 15.6. The maximum atomic E-state index is 11.7. The molecule has 0 radical (unpaired) electrons. The van der Waals surface area contributed by atoms with Crippen LogP contribution in [-0.4, -0.2) is 22.0 Å². The fourth-order valence-corrected chi connectivity index (χ4v) is 1.20. The number of carbonyl (C=O) groups excluding carboxylic acids is 1. The van der Waals surface area contributed by atoms with Crippen LogP contribution in [0, 0.1) is 16.7 Å². The largest absolute Gasteiger partial charge is 0.353 e. The molecule has 86 valence electrons. The SMILES string of the molecule is CCC(C)(C#N)C(=O)NCCn1ccnc1. The standard InChI is InChI=1S/C11H16N4O/c1-3-11(2,8-12)10(16)14-5-7-15-6-4-13-9-15/h4,6,9H,3,5,7H2,1-2H3,(H,14,16). The van der Waals surface area contributed by atoms with Gasteiger partial charge in [0.25, 0.3) is 0 Å². The maximum Gasteiger partial charge on any atom is 0.240 e. The molecule has 1 unspecified atom stereocenters. The van der Waals surface area contributed by atoms with E-state index >= 15 is 0 Å². The summed E-state index contributed by atoms with van der Waals surface area (Å²) in [5, 5.41) is 11.7. The smallest absolute Gasteiger partial charge is 0.240 e. The molecule has 1 aromatic rings. The first-order valence-electron chi connectivity index (χ1n) is 5.27. The molecular weight excluding hydrogens is 204 g/mol. The summed E-state index contributed by atoms with van der Waals surface area (Å²) >= 11 is 0. The number of amides is 1. The first-order valence-corrected chi connectivity index (χ1v) is 5.27. The van der Waals surface area contributed by atoms with Gasteiger partial charge in [0.1, 0.15) is 5.41 Å². The van der Waals surface area contributed by atoms with E-state index in [4.69, 9.17) is 5.26 Å². The van der Waals surface area contributed by atoms with Gasteiger partial charge in [-0.2, -0.15) is 5.26 Å². The van der Waals surface area contributed by atoms with Crippen LogP contribution in [0.1, 0.15) is 20.3 Å². The Kier molecular flexibility index (Phi) is 4.06. The van der Waals surface area contributed by atoms with Gasteiger partial charge < -0.3 is 9.88 Å². The molecule has 1 rings (SSSR count). The van der Waals surface area contributed by atoms with Gasteiger partial charge in [0.15, 0.2) is 0 Å². The van der Waals surface area contributed by atoms with Crippen molar-refractivity contribution in [3.05, 3.63) is 18.7 Å². The lowest BCUT2D eigenvalue weighted by Crippen LogP contribution is -2.39. The molecule has 0 spiro atoms.